The van der Waals surface area contributed by atoms with Crippen LogP contribution < -0.4 is 10.1 Å². The van der Waals surface area contributed by atoms with Crippen molar-refractivity contribution < 1.29 is 19.1 Å². The summed E-state index contributed by atoms with van der Waals surface area (Å²) in [4.78, 5) is 39.1. The standard InChI is InChI=1S/C23H28N2O4/c1-14-8-9-17-18(13-23(2,3)29-19(17)12-14)24-20(26)10-11-25-21(27)15-6-4-5-7-16(15)22(25)28/h4-5,8-9,12,15-16,18H,6-7,10-11,13H2,1-3H3,(H,24,26)/t15-,16+,18?. The summed E-state index contributed by atoms with van der Waals surface area (Å²) in [6, 6.07) is 5.85. The predicted octanol–water partition coefficient (Wildman–Crippen LogP) is 3.05. The molecule has 1 saturated heterocycles. The van der Waals surface area contributed by atoms with Gasteiger partial charge in [0.25, 0.3) is 0 Å². The van der Waals surface area contributed by atoms with E-state index >= 15 is 0 Å². The van der Waals surface area contributed by atoms with Crippen molar-refractivity contribution >= 4 is 17.7 Å². The van der Waals surface area contributed by atoms with Gasteiger partial charge in [-0.3, -0.25) is 19.3 Å². The van der Waals surface area contributed by atoms with E-state index in [4.69, 9.17) is 4.74 Å². The molecule has 6 nitrogen and oxygen atoms in total. The highest BCUT2D eigenvalue weighted by atomic mass is 16.5. The SMILES string of the molecule is Cc1ccc2c(c1)OC(C)(C)CC2NC(=O)CCN1C(=O)[C@H]2CC=CC[C@H]2C1=O. The Balaban J connectivity index is 1.40. The molecule has 2 heterocycles. The maximum absolute atomic E-state index is 12.7. The van der Waals surface area contributed by atoms with Crippen molar-refractivity contribution in [1.82, 2.24) is 10.2 Å². The number of carbonyl (C=O) groups is 3. The van der Waals surface area contributed by atoms with Crippen LogP contribution in [0.25, 0.3) is 0 Å². The lowest BCUT2D eigenvalue weighted by molar-refractivity contribution is -0.140. The molecule has 0 radical (unpaired) electrons. The maximum Gasteiger partial charge on any atom is 0.233 e. The molecule has 6 heteroatoms. The van der Waals surface area contributed by atoms with E-state index in [-0.39, 0.29) is 54.2 Å². The Kier molecular flexibility index (Phi) is 4.97. The van der Waals surface area contributed by atoms with Gasteiger partial charge in [-0.1, -0.05) is 24.3 Å². The molecular formula is C23H28N2O4. The number of nitrogens with zero attached hydrogens (tertiary/aromatic N) is 1. The lowest BCUT2D eigenvalue weighted by Crippen LogP contribution is -2.42. The fourth-order valence-corrected chi connectivity index (χ4v) is 4.66. The average molecular weight is 396 g/mol. The molecule has 1 N–H and O–H groups in total. The van der Waals surface area contributed by atoms with E-state index in [0.29, 0.717) is 19.3 Å². The van der Waals surface area contributed by atoms with Crippen molar-refractivity contribution in [3.05, 3.63) is 41.5 Å². The van der Waals surface area contributed by atoms with Crippen LogP contribution in [-0.2, 0) is 14.4 Å². The van der Waals surface area contributed by atoms with E-state index in [2.05, 4.69) is 5.32 Å². The number of amides is 3. The predicted molar refractivity (Wildman–Crippen MR) is 108 cm³/mol. The third-order valence-corrected chi connectivity index (χ3v) is 6.12. The number of aryl methyl sites for hydroxylation is 1. The Morgan fingerprint density at radius 3 is 2.48 bits per heavy atom. The molecule has 1 aliphatic carbocycles. The Hall–Kier alpha value is -2.63. The smallest absolute Gasteiger partial charge is 0.233 e. The number of rotatable bonds is 4. The average Bonchev–Trinajstić information content (AvgIpc) is 2.89. The molecule has 2 aliphatic heterocycles. The summed E-state index contributed by atoms with van der Waals surface area (Å²) < 4.78 is 6.08. The van der Waals surface area contributed by atoms with Crippen LogP contribution in [0.2, 0.25) is 0 Å². The van der Waals surface area contributed by atoms with Crippen LogP contribution in [0.5, 0.6) is 5.75 Å². The molecule has 1 fully saturated rings. The van der Waals surface area contributed by atoms with Crippen LogP contribution in [0, 0.1) is 18.8 Å². The van der Waals surface area contributed by atoms with Crippen molar-refractivity contribution in [1.29, 1.82) is 0 Å². The zero-order chi connectivity index (χ0) is 20.8. The molecule has 3 aliphatic rings. The molecular weight excluding hydrogens is 368 g/mol. The molecule has 0 saturated carbocycles. The van der Waals surface area contributed by atoms with Crippen molar-refractivity contribution in [3.8, 4) is 5.75 Å². The van der Waals surface area contributed by atoms with E-state index < -0.39 is 0 Å². The van der Waals surface area contributed by atoms with Crippen LogP contribution in [0.1, 0.15) is 56.7 Å². The first-order valence-corrected chi connectivity index (χ1v) is 10.3. The number of hydrogen-bond donors (Lipinski definition) is 1. The minimum Gasteiger partial charge on any atom is -0.487 e. The monoisotopic (exact) mass is 396 g/mol. The number of fused-ring (bicyclic) bond motifs is 2. The molecule has 0 spiro atoms. The third-order valence-electron chi connectivity index (χ3n) is 6.12. The van der Waals surface area contributed by atoms with Gasteiger partial charge in [-0.05, 0) is 45.2 Å². The molecule has 1 aromatic carbocycles. The topological polar surface area (TPSA) is 75.7 Å². The van der Waals surface area contributed by atoms with Crippen LogP contribution in [0.3, 0.4) is 0 Å². The van der Waals surface area contributed by atoms with Crippen LogP contribution in [-0.4, -0.2) is 34.8 Å². The second-order valence-corrected chi connectivity index (χ2v) is 8.96. The highest BCUT2D eigenvalue weighted by Gasteiger charge is 2.47. The Bertz CT molecular complexity index is 863. The largest absolute Gasteiger partial charge is 0.487 e. The van der Waals surface area contributed by atoms with Gasteiger partial charge in [-0.25, -0.2) is 0 Å². The number of ether oxygens (including phenoxy) is 1. The Morgan fingerprint density at radius 2 is 1.83 bits per heavy atom. The quantitative estimate of drug-likeness (QED) is 0.627. The lowest BCUT2D eigenvalue weighted by atomic mass is 9.85. The third kappa shape index (κ3) is 3.80. The van der Waals surface area contributed by atoms with Crippen molar-refractivity contribution in [3.63, 3.8) is 0 Å². The van der Waals surface area contributed by atoms with Gasteiger partial charge < -0.3 is 10.1 Å². The molecule has 4 rings (SSSR count). The van der Waals surface area contributed by atoms with E-state index in [1.165, 1.54) is 4.90 Å². The second kappa shape index (κ2) is 7.32. The Labute approximate surface area is 171 Å². The second-order valence-electron chi connectivity index (χ2n) is 8.96. The zero-order valence-corrected chi connectivity index (χ0v) is 17.2. The van der Waals surface area contributed by atoms with E-state index in [0.717, 1.165) is 16.9 Å². The summed E-state index contributed by atoms with van der Waals surface area (Å²) in [6.07, 6.45) is 5.94. The maximum atomic E-state index is 12.7. The molecule has 154 valence electrons. The van der Waals surface area contributed by atoms with Crippen molar-refractivity contribution in [2.75, 3.05) is 6.54 Å². The van der Waals surface area contributed by atoms with Crippen molar-refractivity contribution in [2.45, 2.75) is 58.1 Å². The van der Waals surface area contributed by atoms with Gasteiger partial charge in [-0.2, -0.15) is 0 Å². The molecule has 0 aromatic heterocycles. The highest BCUT2D eigenvalue weighted by Crippen LogP contribution is 2.40. The zero-order valence-electron chi connectivity index (χ0n) is 17.2. The molecule has 0 bridgehead atoms. The molecule has 3 amide bonds. The summed E-state index contributed by atoms with van der Waals surface area (Å²) in [5.74, 6) is -0.125. The summed E-state index contributed by atoms with van der Waals surface area (Å²) in [7, 11) is 0. The summed E-state index contributed by atoms with van der Waals surface area (Å²) in [6.45, 7) is 6.17. The number of imide groups is 1. The minimum absolute atomic E-state index is 0.114. The number of benzene rings is 1. The molecule has 29 heavy (non-hydrogen) atoms. The van der Waals surface area contributed by atoms with Gasteiger partial charge in [-0.15, -0.1) is 0 Å². The first-order valence-electron chi connectivity index (χ1n) is 10.3. The number of allylic oxidation sites excluding steroid dienone is 2. The molecule has 1 unspecified atom stereocenters. The molecule has 3 atom stereocenters. The highest BCUT2D eigenvalue weighted by molar-refractivity contribution is 6.05. The van der Waals surface area contributed by atoms with Gasteiger partial charge in [0.2, 0.25) is 17.7 Å². The van der Waals surface area contributed by atoms with Gasteiger partial charge >= 0.3 is 0 Å². The van der Waals surface area contributed by atoms with Gasteiger partial charge in [0.05, 0.1) is 17.9 Å². The fraction of sp³-hybridized carbons (Fsp3) is 0.522. The lowest BCUT2D eigenvalue weighted by Gasteiger charge is -2.38. The fourth-order valence-electron chi connectivity index (χ4n) is 4.66. The van der Waals surface area contributed by atoms with E-state index in [9.17, 15) is 14.4 Å². The van der Waals surface area contributed by atoms with E-state index in [1.54, 1.807) is 0 Å². The number of carbonyl (C=O) groups excluding carboxylic acids is 3. The first kappa shape index (κ1) is 19.7. The summed E-state index contributed by atoms with van der Waals surface area (Å²) in [5.41, 5.74) is 1.68. The molecule has 1 aromatic rings. The number of likely N-dealkylation sites (tertiary alicyclic amines) is 1. The normalized spacial score (nSPS) is 27.3. The minimum atomic E-state index is -0.387. The van der Waals surface area contributed by atoms with Gasteiger partial charge in [0.1, 0.15) is 11.4 Å². The van der Waals surface area contributed by atoms with Gasteiger partial charge in [0, 0.05) is 24.9 Å². The number of hydrogen-bond acceptors (Lipinski definition) is 4. The Morgan fingerprint density at radius 1 is 1.17 bits per heavy atom. The summed E-state index contributed by atoms with van der Waals surface area (Å²) >= 11 is 0. The van der Waals surface area contributed by atoms with Crippen LogP contribution in [0.15, 0.2) is 30.4 Å². The van der Waals surface area contributed by atoms with Crippen LogP contribution in [0.4, 0.5) is 0 Å². The van der Waals surface area contributed by atoms with Crippen molar-refractivity contribution in [2.24, 2.45) is 11.8 Å². The van der Waals surface area contributed by atoms with E-state index in [1.807, 2.05) is 51.1 Å². The summed E-state index contributed by atoms with van der Waals surface area (Å²) in [5, 5.41) is 3.09. The first-order chi connectivity index (χ1) is 13.7. The van der Waals surface area contributed by atoms with Gasteiger partial charge in [0.15, 0.2) is 0 Å². The number of nitrogens with one attached hydrogen (secondary N) is 1. The van der Waals surface area contributed by atoms with Crippen LogP contribution >= 0.6 is 0 Å².